The first kappa shape index (κ1) is 20.6. The van der Waals surface area contributed by atoms with Crippen LogP contribution in [0.2, 0.25) is 0 Å². The van der Waals surface area contributed by atoms with Crippen molar-refractivity contribution >= 4 is 17.3 Å². The lowest BCUT2D eigenvalue weighted by atomic mass is 9.84. The maximum absolute atomic E-state index is 4.94. The molecule has 3 aromatic rings. The van der Waals surface area contributed by atoms with E-state index in [4.69, 9.17) is 9.97 Å². The number of aromatic nitrogens is 2. The SMILES string of the molecule is Cc1cnc2c(c1)CCCc1cc(C)cnc1N2c1c(C)cc(C(C)(C)C)cc1C. The number of fused-ring (bicyclic) bond motifs is 2. The number of hydrogen-bond donors (Lipinski definition) is 0. The molecule has 1 aromatic carbocycles. The van der Waals surface area contributed by atoms with Crippen molar-refractivity contribution in [3.8, 4) is 0 Å². The Morgan fingerprint density at radius 2 is 1.20 bits per heavy atom. The van der Waals surface area contributed by atoms with E-state index < -0.39 is 0 Å². The maximum atomic E-state index is 4.94. The molecule has 1 aliphatic rings. The molecule has 0 fully saturated rings. The fraction of sp³-hybridized carbons (Fsp3) is 0.407. The highest BCUT2D eigenvalue weighted by atomic mass is 15.2. The van der Waals surface area contributed by atoms with Crippen LogP contribution in [0.3, 0.4) is 0 Å². The molecule has 0 saturated heterocycles. The van der Waals surface area contributed by atoms with Crippen LogP contribution in [0.4, 0.5) is 17.3 Å². The van der Waals surface area contributed by atoms with Crippen molar-refractivity contribution in [3.63, 3.8) is 0 Å². The number of rotatable bonds is 1. The van der Waals surface area contributed by atoms with Crippen LogP contribution in [0.15, 0.2) is 36.7 Å². The van der Waals surface area contributed by atoms with Crippen molar-refractivity contribution in [2.75, 3.05) is 4.90 Å². The lowest BCUT2D eigenvalue weighted by molar-refractivity contribution is 0.589. The van der Waals surface area contributed by atoms with Gasteiger partial charge in [-0.25, -0.2) is 9.97 Å². The van der Waals surface area contributed by atoms with Gasteiger partial charge in [0.1, 0.15) is 11.6 Å². The number of hydrogen-bond acceptors (Lipinski definition) is 3. The van der Waals surface area contributed by atoms with E-state index in [2.05, 4.69) is 77.6 Å². The smallest absolute Gasteiger partial charge is 0.141 e. The monoisotopic (exact) mass is 399 g/mol. The van der Waals surface area contributed by atoms with Crippen molar-refractivity contribution < 1.29 is 0 Å². The summed E-state index contributed by atoms with van der Waals surface area (Å²) >= 11 is 0. The summed E-state index contributed by atoms with van der Waals surface area (Å²) in [5, 5.41) is 0. The minimum absolute atomic E-state index is 0.116. The van der Waals surface area contributed by atoms with E-state index in [0.29, 0.717) is 0 Å². The first-order valence-corrected chi connectivity index (χ1v) is 11.0. The molecule has 2 aromatic heterocycles. The summed E-state index contributed by atoms with van der Waals surface area (Å²) < 4.78 is 0. The van der Waals surface area contributed by atoms with E-state index in [-0.39, 0.29) is 5.41 Å². The van der Waals surface area contributed by atoms with Crippen LogP contribution in [0.25, 0.3) is 0 Å². The summed E-state index contributed by atoms with van der Waals surface area (Å²) in [6, 6.07) is 9.26. The molecule has 0 radical (unpaired) electrons. The van der Waals surface area contributed by atoms with Crippen LogP contribution >= 0.6 is 0 Å². The van der Waals surface area contributed by atoms with Gasteiger partial charge in [-0.05, 0) is 91.3 Å². The summed E-state index contributed by atoms with van der Waals surface area (Å²) in [4.78, 5) is 12.2. The van der Waals surface area contributed by atoms with Gasteiger partial charge in [-0.3, -0.25) is 4.90 Å². The molecule has 0 saturated carbocycles. The second-order valence-electron chi connectivity index (χ2n) is 9.89. The summed E-state index contributed by atoms with van der Waals surface area (Å²) in [6.45, 7) is 15.5. The lowest BCUT2D eigenvalue weighted by Crippen LogP contribution is -2.22. The maximum Gasteiger partial charge on any atom is 0.141 e. The molecule has 0 bridgehead atoms. The van der Waals surface area contributed by atoms with Crippen LogP contribution in [-0.4, -0.2) is 9.97 Å². The predicted molar refractivity (Wildman–Crippen MR) is 126 cm³/mol. The van der Waals surface area contributed by atoms with E-state index in [0.717, 1.165) is 30.9 Å². The summed E-state index contributed by atoms with van der Waals surface area (Å²) in [7, 11) is 0. The largest absolute Gasteiger partial charge is 0.278 e. The molecule has 0 N–H and O–H groups in total. The van der Waals surface area contributed by atoms with Crippen LogP contribution in [0.5, 0.6) is 0 Å². The number of nitrogens with zero attached hydrogens (tertiary/aromatic N) is 3. The van der Waals surface area contributed by atoms with E-state index >= 15 is 0 Å². The molecule has 3 heteroatoms. The Morgan fingerprint density at radius 1 is 0.733 bits per heavy atom. The van der Waals surface area contributed by atoms with Crippen molar-refractivity contribution in [1.82, 2.24) is 9.97 Å². The average molecular weight is 400 g/mol. The van der Waals surface area contributed by atoms with E-state index in [1.165, 1.54) is 44.6 Å². The Balaban J connectivity index is 2.01. The zero-order chi connectivity index (χ0) is 21.6. The zero-order valence-corrected chi connectivity index (χ0v) is 19.4. The second-order valence-corrected chi connectivity index (χ2v) is 9.89. The molecule has 4 rings (SSSR count). The first-order valence-electron chi connectivity index (χ1n) is 11.0. The van der Waals surface area contributed by atoms with Gasteiger partial charge in [-0.2, -0.15) is 0 Å². The Hall–Kier alpha value is -2.68. The number of pyridine rings is 2. The number of benzene rings is 1. The summed E-state index contributed by atoms with van der Waals surface area (Å²) in [5.74, 6) is 2.04. The standard InChI is InChI=1S/C27H33N3/c1-17-11-21-9-8-10-22-12-18(2)16-29-26(22)30(25(21)28-15-17)24-19(3)13-23(14-20(24)4)27(5,6)7/h11-16H,8-10H2,1-7H3. The Morgan fingerprint density at radius 3 is 1.63 bits per heavy atom. The Kier molecular flexibility index (Phi) is 5.17. The molecule has 0 amide bonds. The third-order valence-electron chi connectivity index (χ3n) is 6.06. The lowest BCUT2D eigenvalue weighted by Gasteiger charge is -2.32. The van der Waals surface area contributed by atoms with Gasteiger partial charge < -0.3 is 0 Å². The molecule has 0 aliphatic carbocycles. The van der Waals surface area contributed by atoms with Gasteiger partial charge in [0, 0.05) is 12.4 Å². The zero-order valence-electron chi connectivity index (χ0n) is 19.4. The molecule has 0 atom stereocenters. The molecule has 0 spiro atoms. The van der Waals surface area contributed by atoms with E-state index in [1.807, 2.05) is 12.4 Å². The summed E-state index contributed by atoms with van der Waals surface area (Å²) in [5.41, 5.74) is 10.3. The van der Waals surface area contributed by atoms with Gasteiger partial charge in [0.05, 0.1) is 5.69 Å². The quantitative estimate of drug-likeness (QED) is 0.442. The molecular formula is C27H33N3. The molecule has 0 unspecified atom stereocenters. The van der Waals surface area contributed by atoms with E-state index in [1.54, 1.807) is 0 Å². The van der Waals surface area contributed by atoms with Gasteiger partial charge in [-0.1, -0.05) is 45.0 Å². The fourth-order valence-electron chi connectivity index (χ4n) is 4.54. The second kappa shape index (κ2) is 7.54. The topological polar surface area (TPSA) is 29.0 Å². The van der Waals surface area contributed by atoms with Gasteiger partial charge in [-0.15, -0.1) is 0 Å². The molecule has 3 heterocycles. The molecule has 156 valence electrons. The van der Waals surface area contributed by atoms with Gasteiger partial charge in [0.15, 0.2) is 0 Å². The Labute approximate surface area is 181 Å². The van der Waals surface area contributed by atoms with Crippen molar-refractivity contribution in [3.05, 3.63) is 75.6 Å². The predicted octanol–water partition coefficient (Wildman–Crippen LogP) is 6.97. The van der Waals surface area contributed by atoms with Gasteiger partial charge >= 0.3 is 0 Å². The van der Waals surface area contributed by atoms with Crippen molar-refractivity contribution in [1.29, 1.82) is 0 Å². The van der Waals surface area contributed by atoms with Crippen molar-refractivity contribution in [2.45, 2.75) is 73.1 Å². The number of anilines is 3. The third kappa shape index (κ3) is 3.74. The minimum atomic E-state index is 0.116. The van der Waals surface area contributed by atoms with Crippen LogP contribution < -0.4 is 4.90 Å². The first-order chi connectivity index (χ1) is 14.1. The summed E-state index contributed by atoms with van der Waals surface area (Å²) in [6.07, 6.45) is 7.15. The highest BCUT2D eigenvalue weighted by Crippen LogP contribution is 2.43. The molecule has 1 aliphatic heterocycles. The van der Waals surface area contributed by atoms with Gasteiger partial charge in [0.25, 0.3) is 0 Å². The average Bonchev–Trinajstić information content (AvgIpc) is 2.64. The van der Waals surface area contributed by atoms with Crippen LogP contribution in [-0.2, 0) is 18.3 Å². The van der Waals surface area contributed by atoms with E-state index in [9.17, 15) is 0 Å². The molecular weight excluding hydrogens is 366 g/mol. The highest BCUT2D eigenvalue weighted by molar-refractivity contribution is 5.80. The third-order valence-corrected chi connectivity index (χ3v) is 6.06. The molecule has 3 nitrogen and oxygen atoms in total. The fourth-order valence-corrected chi connectivity index (χ4v) is 4.54. The molecule has 30 heavy (non-hydrogen) atoms. The van der Waals surface area contributed by atoms with Crippen LogP contribution in [0.1, 0.15) is 66.1 Å². The highest BCUT2D eigenvalue weighted by Gasteiger charge is 2.27. The minimum Gasteiger partial charge on any atom is -0.278 e. The van der Waals surface area contributed by atoms with Crippen molar-refractivity contribution in [2.24, 2.45) is 0 Å². The van der Waals surface area contributed by atoms with Crippen LogP contribution in [0, 0.1) is 27.7 Å². The number of aryl methyl sites for hydroxylation is 6. The Bertz CT molecular complexity index is 1030. The van der Waals surface area contributed by atoms with Gasteiger partial charge in [0.2, 0.25) is 0 Å². The normalized spacial score (nSPS) is 14.0.